The van der Waals surface area contributed by atoms with Crippen LogP contribution in [0.1, 0.15) is 58.8 Å². The maximum atomic E-state index is 10.4. The van der Waals surface area contributed by atoms with E-state index in [0.717, 1.165) is 39.0 Å². The summed E-state index contributed by atoms with van der Waals surface area (Å²) in [6, 6.07) is 0. The molecule has 2 aliphatic rings. The summed E-state index contributed by atoms with van der Waals surface area (Å²) in [4.78, 5) is 2.45. The Labute approximate surface area is 112 Å². The number of aliphatic hydroxyl groups is 1. The Morgan fingerprint density at radius 2 is 2.00 bits per heavy atom. The second-order valence-electron chi connectivity index (χ2n) is 6.43. The van der Waals surface area contributed by atoms with Gasteiger partial charge in [0, 0.05) is 12.1 Å². The van der Waals surface area contributed by atoms with Crippen molar-refractivity contribution in [1.29, 1.82) is 0 Å². The highest BCUT2D eigenvalue weighted by Gasteiger charge is 2.35. The van der Waals surface area contributed by atoms with E-state index in [4.69, 9.17) is 4.74 Å². The molecule has 18 heavy (non-hydrogen) atoms. The largest absolute Gasteiger partial charge is 0.391 e. The van der Waals surface area contributed by atoms with E-state index in [2.05, 4.69) is 18.7 Å². The fraction of sp³-hybridized carbons (Fsp3) is 1.00. The van der Waals surface area contributed by atoms with Crippen LogP contribution in [0, 0.1) is 0 Å². The van der Waals surface area contributed by atoms with Gasteiger partial charge in [0.25, 0.3) is 0 Å². The van der Waals surface area contributed by atoms with E-state index in [0.29, 0.717) is 6.10 Å². The second kappa shape index (κ2) is 6.36. The van der Waals surface area contributed by atoms with Gasteiger partial charge in [-0.05, 0) is 71.9 Å². The van der Waals surface area contributed by atoms with Crippen LogP contribution in [-0.2, 0) is 4.74 Å². The summed E-state index contributed by atoms with van der Waals surface area (Å²) in [5.41, 5.74) is -0.0625. The van der Waals surface area contributed by atoms with E-state index in [-0.39, 0.29) is 11.6 Å². The monoisotopic (exact) mass is 255 g/mol. The lowest BCUT2D eigenvalue weighted by Crippen LogP contribution is -2.51. The van der Waals surface area contributed by atoms with Crippen LogP contribution < -0.4 is 0 Å². The van der Waals surface area contributed by atoms with Crippen molar-refractivity contribution in [3.63, 3.8) is 0 Å². The predicted octanol–water partition coefficient (Wildman–Crippen LogP) is 2.57. The van der Waals surface area contributed by atoms with Crippen LogP contribution in [0.15, 0.2) is 0 Å². The molecule has 2 fully saturated rings. The molecule has 2 rings (SSSR count). The van der Waals surface area contributed by atoms with E-state index in [1.807, 2.05) is 0 Å². The molecule has 0 bridgehead atoms. The minimum atomic E-state index is -0.211. The van der Waals surface area contributed by atoms with Gasteiger partial charge in [0.1, 0.15) is 0 Å². The molecule has 1 N–H and O–H groups in total. The Kier molecular flexibility index (Phi) is 5.05. The van der Waals surface area contributed by atoms with E-state index >= 15 is 0 Å². The molecule has 0 aromatic carbocycles. The van der Waals surface area contributed by atoms with Gasteiger partial charge in [-0.3, -0.25) is 4.90 Å². The first-order valence-corrected chi connectivity index (χ1v) is 7.65. The number of rotatable bonds is 6. The predicted molar refractivity (Wildman–Crippen MR) is 73.7 cm³/mol. The first-order chi connectivity index (χ1) is 8.60. The van der Waals surface area contributed by atoms with Gasteiger partial charge in [0.15, 0.2) is 0 Å². The molecule has 3 nitrogen and oxygen atoms in total. The number of aliphatic hydroxyl groups excluding tert-OH is 1. The molecule has 3 heteroatoms. The highest BCUT2D eigenvalue weighted by Crippen LogP contribution is 2.27. The van der Waals surface area contributed by atoms with Gasteiger partial charge < -0.3 is 9.84 Å². The summed E-state index contributed by atoms with van der Waals surface area (Å²) >= 11 is 0. The Morgan fingerprint density at radius 3 is 2.61 bits per heavy atom. The van der Waals surface area contributed by atoms with Crippen molar-refractivity contribution in [1.82, 2.24) is 4.90 Å². The number of hydrogen-bond donors (Lipinski definition) is 1. The lowest BCUT2D eigenvalue weighted by molar-refractivity contribution is -0.00550. The van der Waals surface area contributed by atoms with Crippen LogP contribution in [-0.4, -0.2) is 47.4 Å². The van der Waals surface area contributed by atoms with Crippen LogP contribution in [0.25, 0.3) is 0 Å². The Hall–Kier alpha value is -0.120. The van der Waals surface area contributed by atoms with Gasteiger partial charge in [-0.25, -0.2) is 0 Å². The topological polar surface area (TPSA) is 32.7 Å². The van der Waals surface area contributed by atoms with Crippen LogP contribution in [0.2, 0.25) is 0 Å². The minimum absolute atomic E-state index is 0.0625. The SMILES string of the molecule is CC(C)(C(O)CCCC1CCCO1)N1CCCC1. The Bertz CT molecular complexity index is 243. The van der Waals surface area contributed by atoms with Crippen LogP contribution >= 0.6 is 0 Å². The Balaban J connectivity index is 1.70. The van der Waals surface area contributed by atoms with E-state index < -0.39 is 0 Å². The molecule has 2 unspecified atom stereocenters. The van der Waals surface area contributed by atoms with Crippen molar-refractivity contribution >= 4 is 0 Å². The highest BCUT2D eigenvalue weighted by molar-refractivity contribution is 4.91. The smallest absolute Gasteiger partial charge is 0.0718 e. The summed E-state index contributed by atoms with van der Waals surface area (Å²) < 4.78 is 5.63. The highest BCUT2D eigenvalue weighted by atomic mass is 16.5. The fourth-order valence-electron chi connectivity index (χ4n) is 3.27. The molecule has 2 atom stereocenters. The van der Waals surface area contributed by atoms with E-state index in [9.17, 15) is 5.11 Å². The lowest BCUT2D eigenvalue weighted by Gasteiger charge is -2.39. The van der Waals surface area contributed by atoms with E-state index in [1.54, 1.807) is 0 Å². The summed E-state index contributed by atoms with van der Waals surface area (Å²) in [6.07, 6.45) is 8.36. The molecular weight excluding hydrogens is 226 g/mol. The molecule has 0 amide bonds. The number of hydrogen-bond acceptors (Lipinski definition) is 3. The molecular formula is C15H29NO2. The van der Waals surface area contributed by atoms with Gasteiger partial charge in [-0.1, -0.05) is 0 Å². The zero-order chi connectivity index (χ0) is 13.0. The molecule has 2 aliphatic heterocycles. The molecule has 0 aromatic heterocycles. The number of ether oxygens (including phenoxy) is 1. The third-order valence-corrected chi connectivity index (χ3v) is 4.76. The van der Waals surface area contributed by atoms with Crippen molar-refractivity contribution in [2.45, 2.75) is 76.5 Å². The zero-order valence-corrected chi connectivity index (χ0v) is 12.0. The van der Waals surface area contributed by atoms with Gasteiger partial charge >= 0.3 is 0 Å². The standard InChI is InChI=1S/C15H29NO2/c1-15(2,16-10-3-4-11-16)14(17)9-5-7-13-8-6-12-18-13/h13-14,17H,3-12H2,1-2H3. The third kappa shape index (κ3) is 3.46. The van der Waals surface area contributed by atoms with Gasteiger partial charge in [-0.2, -0.15) is 0 Å². The molecule has 2 saturated heterocycles. The van der Waals surface area contributed by atoms with Gasteiger partial charge in [-0.15, -0.1) is 0 Å². The van der Waals surface area contributed by atoms with Crippen molar-refractivity contribution in [2.24, 2.45) is 0 Å². The normalized spacial score (nSPS) is 27.8. The van der Waals surface area contributed by atoms with Crippen LogP contribution in [0.5, 0.6) is 0 Å². The summed E-state index contributed by atoms with van der Waals surface area (Å²) in [5, 5.41) is 10.4. The number of likely N-dealkylation sites (tertiary alicyclic amines) is 1. The Morgan fingerprint density at radius 1 is 1.28 bits per heavy atom. The summed E-state index contributed by atoms with van der Waals surface area (Å²) in [5.74, 6) is 0. The number of nitrogens with zero attached hydrogens (tertiary/aromatic N) is 1. The van der Waals surface area contributed by atoms with Crippen molar-refractivity contribution in [3.05, 3.63) is 0 Å². The first kappa shape index (κ1) is 14.3. The van der Waals surface area contributed by atoms with Gasteiger partial charge in [0.2, 0.25) is 0 Å². The third-order valence-electron chi connectivity index (χ3n) is 4.76. The van der Waals surface area contributed by atoms with Crippen LogP contribution in [0.3, 0.4) is 0 Å². The average Bonchev–Trinajstić information content (AvgIpc) is 3.02. The quantitative estimate of drug-likeness (QED) is 0.792. The molecule has 0 aliphatic carbocycles. The minimum Gasteiger partial charge on any atom is -0.391 e. The maximum Gasteiger partial charge on any atom is 0.0718 e. The van der Waals surface area contributed by atoms with Crippen molar-refractivity contribution < 1.29 is 9.84 Å². The molecule has 2 heterocycles. The second-order valence-corrected chi connectivity index (χ2v) is 6.43. The van der Waals surface area contributed by atoms with E-state index in [1.165, 1.54) is 25.7 Å². The maximum absolute atomic E-state index is 10.4. The molecule has 0 saturated carbocycles. The summed E-state index contributed by atoms with van der Waals surface area (Å²) in [7, 11) is 0. The average molecular weight is 255 g/mol. The van der Waals surface area contributed by atoms with Crippen molar-refractivity contribution in [2.75, 3.05) is 19.7 Å². The van der Waals surface area contributed by atoms with Crippen molar-refractivity contribution in [3.8, 4) is 0 Å². The molecule has 106 valence electrons. The zero-order valence-electron chi connectivity index (χ0n) is 12.0. The molecule has 0 spiro atoms. The van der Waals surface area contributed by atoms with Crippen LogP contribution in [0.4, 0.5) is 0 Å². The molecule has 0 aromatic rings. The molecule has 0 radical (unpaired) electrons. The lowest BCUT2D eigenvalue weighted by atomic mass is 9.91. The fourth-order valence-corrected chi connectivity index (χ4v) is 3.27. The first-order valence-electron chi connectivity index (χ1n) is 7.65. The summed E-state index contributed by atoms with van der Waals surface area (Å²) in [6.45, 7) is 7.61. The van der Waals surface area contributed by atoms with Gasteiger partial charge in [0.05, 0.1) is 12.2 Å².